The first-order valence-corrected chi connectivity index (χ1v) is 15.9. The summed E-state index contributed by atoms with van der Waals surface area (Å²) in [7, 11) is 0. The maximum atomic E-state index is 14.1. The summed E-state index contributed by atoms with van der Waals surface area (Å²) in [4.78, 5) is 80.2. The number of carboxylic acid groups (broad SMARTS) is 1. The van der Waals surface area contributed by atoms with E-state index in [1.165, 1.54) is 4.90 Å². The molecule has 0 radical (unpaired) electrons. The second-order valence-corrected chi connectivity index (χ2v) is 13.6. The topological polar surface area (TPSA) is 191 Å². The summed E-state index contributed by atoms with van der Waals surface area (Å²) in [5.74, 6) is -5.44. The molecule has 254 valence electrons. The lowest BCUT2D eigenvalue weighted by atomic mass is 9.85. The number of aliphatic hydroxyl groups is 1. The van der Waals surface area contributed by atoms with Crippen LogP contribution >= 0.6 is 0 Å². The molecule has 0 spiro atoms. The van der Waals surface area contributed by atoms with Gasteiger partial charge in [0, 0.05) is 18.9 Å². The monoisotopic (exact) mass is 644 g/mol. The number of ether oxygens (including phenoxy) is 1. The van der Waals surface area contributed by atoms with Crippen molar-refractivity contribution < 1.29 is 43.7 Å². The van der Waals surface area contributed by atoms with Crippen molar-refractivity contribution in [3.05, 3.63) is 35.9 Å². The van der Waals surface area contributed by atoms with Crippen LogP contribution in [0.25, 0.3) is 0 Å². The largest absolute Gasteiger partial charge is 0.480 e. The Kier molecular flexibility index (Phi) is 12.3. The van der Waals surface area contributed by atoms with E-state index in [-0.39, 0.29) is 25.3 Å². The Hall–Kier alpha value is -4.00. The van der Waals surface area contributed by atoms with Crippen molar-refractivity contribution in [3.63, 3.8) is 0 Å². The molecular formula is C33H48N4O9. The number of aliphatic hydroxyl groups excluding tert-OH is 1. The lowest BCUT2D eigenvalue weighted by molar-refractivity contribution is -0.146. The molecule has 1 aliphatic heterocycles. The third-order valence-corrected chi connectivity index (χ3v) is 8.58. The van der Waals surface area contributed by atoms with E-state index in [1.54, 1.807) is 71.9 Å². The highest BCUT2D eigenvalue weighted by atomic mass is 16.6. The predicted octanol–water partition coefficient (Wildman–Crippen LogP) is 1.80. The first-order valence-electron chi connectivity index (χ1n) is 15.9. The van der Waals surface area contributed by atoms with E-state index in [9.17, 15) is 39.0 Å². The van der Waals surface area contributed by atoms with Crippen molar-refractivity contribution in [3.8, 4) is 0 Å². The maximum absolute atomic E-state index is 14.1. The van der Waals surface area contributed by atoms with Gasteiger partial charge in [-0.15, -0.1) is 0 Å². The number of rotatable bonds is 13. The maximum Gasteiger partial charge on any atom is 0.408 e. The summed E-state index contributed by atoms with van der Waals surface area (Å²) >= 11 is 0. The third kappa shape index (κ3) is 9.05. The molecule has 2 fully saturated rings. The number of alkyl carbamates (subject to hydrolysis) is 1. The molecule has 1 saturated carbocycles. The lowest BCUT2D eigenvalue weighted by Crippen LogP contribution is -2.60. The van der Waals surface area contributed by atoms with Crippen molar-refractivity contribution in [2.75, 3.05) is 6.54 Å². The van der Waals surface area contributed by atoms with E-state index in [0.717, 1.165) is 0 Å². The van der Waals surface area contributed by atoms with Crippen LogP contribution in [0, 0.1) is 17.3 Å². The summed E-state index contributed by atoms with van der Waals surface area (Å²) in [5, 5.41) is 28.0. The minimum Gasteiger partial charge on any atom is -0.480 e. The molecule has 1 aromatic rings. The molecule has 1 heterocycles. The highest BCUT2D eigenvalue weighted by Gasteiger charge is 2.55. The standard InChI is InChI=1S/C33H48N4O9/c1-7-11-22(26(39)29(41)35-23(31(43)44)16-19-12-9-8-10-13-19)34-28(40)25-20-14-15-24(38)21(20)17-37(25)30(42)27(33(4,5)6)36-32(45)46-18(2)3/h8-10,12-13,18,20-25,27,38H,7,11,14-17H2,1-6H3,(H,34,40)(H,35,41)(H,36,45)(H,43,44)/t20-,21-,22?,23-,24?,25-,27+/m0/s1. The van der Waals surface area contributed by atoms with E-state index in [0.29, 0.717) is 24.8 Å². The molecule has 5 N–H and O–H groups in total. The van der Waals surface area contributed by atoms with Gasteiger partial charge in [0.15, 0.2) is 0 Å². The smallest absolute Gasteiger partial charge is 0.408 e. The van der Waals surface area contributed by atoms with Crippen LogP contribution in [0.5, 0.6) is 0 Å². The van der Waals surface area contributed by atoms with Gasteiger partial charge in [-0.05, 0) is 50.0 Å². The number of ketones is 1. The molecule has 1 aliphatic carbocycles. The summed E-state index contributed by atoms with van der Waals surface area (Å²) in [6.07, 6.45) is -0.564. The van der Waals surface area contributed by atoms with Gasteiger partial charge in [-0.3, -0.25) is 19.2 Å². The molecule has 0 bridgehead atoms. The van der Waals surface area contributed by atoms with Crippen molar-refractivity contribution >= 4 is 35.6 Å². The van der Waals surface area contributed by atoms with E-state index < -0.39 is 83.3 Å². The Morgan fingerprint density at radius 2 is 1.61 bits per heavy atom. The van der Waals surface area contributed by atoms with Crippen LogP contribution in [0.15, 0.2) is 30.3 Å². The van der Waals surface area contributed by atoms with Crippen LogP contribution in [0.4, 0.5) is 4.79 Å². The molecule has 2 aliphatic rings. The van der Waals surface area contributed by atoms with E-state index >= 15 is 0 Å². The SMILES string of the molecule is CCCC(NC(=O)[C@@H]1[C@H]2CCC(O)[C@H]2CN1C(=O)[C@@H](NC(=O)OC(C)C)C(C)(C)C)C(=O)C(=O)N[C@@H](Cc1ccccc1)C(=O)O. The van der Waals surface area contributed by atoms with E-state index in [4.69, 9.17) is 4.74 Å². The molecular weight excluding hydrogens is 596 g/mol. The zero-order chi connectivity index (χ0) is 34.3. The second kappa shape index (κ2) is 15.5. The highest BCUT2D eigenvalue weighted by Crippen LogP contribution is 2.43. The average molecular weight is 645 g/mol. The van der Waals surface area contributed by atoms with Crippen LogP contribution in [0.1, 0.15) is 72.8 Å². The van der Waals surface area contributed by atoms with Gasteiger partial charge >= 0.3 is 12.1 Å². The van der Waals surface area contributed by atoms with Gasteiger partial charge < -0.3 is 35.8 Å². The Labute approximate surface area is 269 Å². The van der Waals surface area contributed by atoms with E-state index in [1.807, 2.05) is 0 Å². The fourth-order valence-corrected chi connectivity index (χ4v) is 6.29. The third-order valence-electron chi connectivity index (χ3n) is 8.58. The first kappa shape index (κ1) is 36.5. The summed E-state index contributed by atoms with van der Waals surface area (Å²) in [6, 6.07) is 3.87. The lowest BCUT2D eigenvalue weighted by Gasteiger charge is -2.36. The van der Waals surface area contributed by atoms with Crippen LogP contribution in [-0.4, -0.2) is 93.6 Å². The summed E-state index contributed by atoms with van der Waals surface area (Å²) in [6.45, 7) is 10.5. The fourth-order valence-electron chi connectivity index (χ4n) is 6.29. The van der Waals surface area contributed by atoms with Gasteiger partial charge in [0.25, 0.3) is 5.91 Å². The average Bonchev–Trinajstić information content (AvgIpc) is 3.53. The minimum absolute atomic E-state index is 0.0434. The molecule has 3 rings (SSSR count). The van der Waals surface area contributed by atoms with Gasteiger partial charge in [0.05, 0.1) is 18.2 Å². The van der Waals surface area contributed by atoms with Gasteiger partial charge in [0.2, 0.25) is 17.6 Å². The second-order valence-electron chi connectivity index (χ2n) is 13.6. The molecule has 13 heteroatoms. The molecule has 2 unspecified atom stereocenters. The van der Waals surface area contributed by atoms with Crippen LogP contribution in [0.3, 0.4) is 0 Å². The zero-order valence-electron chi connectivity index (χ0n) is 27.4. The number of hydrogen-bond donors (Lipinski definition) is 5. The summed E-state index contributed by atoms with van der Waals surface area (Å²) in [5.41, 5.74) is -0.121. The Balaban J connectivity index is 1.82. The van der Waals surface area contributed by atoms with Crippen LogP contribution in [0.2, 0.25) is 0 Å². The normalized spacial score (nSPS) is 22.7. The quantitative estimate of drug-likeness (QED) is 0.199. The number of hydrogen-bond acceptors (Lipinski definition) is 8. The van der Waals surface area contributed by atoms with Gasteiger partial charge in [0.1, 0.15) is 18.1 Å². The molecule has 13 nitrogen and oxygen atoms in total. The van der Waals surface area contributed by atoms with Crippen LogP contribution < -0.4 is 16.0 Å². The Morgan fingerprint density at radius 3 is 2.17 bits per heavy atom. The van der Waals surface area contributed by atoms with Gasteiger partial charge in [-0.2, -0.15) is 0 Å². The number of nitrogens with zero attached hydrogens (tertiary/aromatic N) is 1. The molecule has 46 heavy (non-hydrogen) atoms. The summed E-state index contributed by atoms with van der Waals surface area (Å²) < 4.78 is 5.21. The minimum atomic E-state index is -1.37. The molecule has 0 aromatic heterocycles. The van der Waals surface area contributed by atoms with Crippen LogP contribution in [-0.2, 0) is 35.1 Å². The van der Waals surface area contributed by atoms with Crippen molar-refractivity contribution in [2.45, 2.75) is 110 Å². The number of carboxylic acids is 1. The number of nitrogens with one attached hydrogen (secondary N) is 3. The van der Waals surface area contributed by atoms with Gasteiger partial charge in [-0.25, -0.2) is 9.59 Å². The highest BCUT2D eigenvalue weighted by molar-refractivity contribution is 6.38. The number of carbonyl (C=O) groups is 6. The van der Waals surface area contributed by atoms with Crippen molar-refractivity contribution in [1.82, 2.24) is 20.9 Å². The van der Waals surface area contributed by atoms with Gasteiger partial charge in [-0.1, -0.05) is 64.4 Å². The van der Waals surface area contributed by atoms with Crippen molar-refractivity contribution in [1.29, 1.82) is 0 Å². The van der Waals surface area contributed by atoms with Crippen molar-refractivity contribution in [2.24, 2.45) is 17.3 Å². The Morgan fingerprint density at radius 1 is 0.957 bits per heavy atom. The van der Waals surface area contributed by atoms with E-state index in [2.05, 4.69) is 16.0 Å². The number of aliphatic carboxylic acids is 1. The number of likely N-dealkylation sites (tertiary alicyclic amines) is 1. The Bertz CT molecular complexity index is 1280. The number of Topliss-reactive ketones (excluding diaryl/α,β-unsaturated/α-hetero) is 1. The number of carbonyl (C=O) groups excluding carboxylic acids is 5. The zero-order valence-corrected chi connectivity index (χ0v) is 27.4. The first-order chi connectivity index (χ1) is 21.5. The number of benzene rings is 1. The molecule has 1 aromatic carbocycles. The molecule has 7 atom stereocenters. The molecule has 1 saturated heterocycles. The molecule has 4 amide bonds. The predicted molar refractivity (Wildman–Crippen MR) is 167 cm³/mol. The fraction of sp³-hybridized carbons (Fsp3) is 0.636. The number of fused-ring (bicyclic) bond motifs is 1. The number of amides is 4.